The summed E-state index contributed by atoms with van der Waals surface area (Å²) in [5.74, 6) is -0.236. The highest BCUT2D eigenvalue weighted by molar-refractivity contribution is 7.97. The lowest BCUT2D eigenvalue weighted by atomic mass is 10.0. The topological polar surface area (TPSA) is 66.2 Å². The number of benzene rings is 2. The van der Waals surface area contributed by atoms with E-state index in [2.05, 4.69) is 0 Å². The third kappa shape index (κ3) is 1.85. The zero-order valence-corrected chi connectivity index (χ0v) is 11.7. The Bertz CT molecular complexity index is 737. The molecule has 0 saturated carbocycles. The monoisotopic (exact) mass is 283 g/mol. The van der Waals surface area contributed by atoms with Gasteiger partial charge in [-0.05, 0) is 24.6 Å². The third-order valence-electron chi connectivity index (χ3n) is 3.40. The second kappa shape index (κ2) is 4.81. The summed E-state index contributed by atoms with van der Waals surface area (Å²) in [6, 6.07) is 14.4. The largest absolute Gasteiger partial charge is 0.606 e. The van der Waals surface area contributed by atoms with Crippen LogP contribution in [0.1, 0.15) is 21.5 Å². The van der Waals surface area contributed by atoms with Crippen LogP contribution in [0.4, 0.5) is 0 Å². The number of ketones is 1. The van der Waals surface area contributed by atoms with Crippen molar-refractivity contribution in [3.63, 3.8) is 0 Å². The number of Topliss-reactive ketones (excluding diaryl/α,β-unsaturated/α-hetero) is 1. The molecular weight excluding hydrogens is 270 g/mol. The Morgan fingerprint density at radius 3 is 2.45 bits per heavy atom. The fraction of sp³-hybridized carbons (Fsp3) is 0.0625. The van der Waals surface area contributed by atoms with Crippen molar-refractivity contribution in [1.82, 2.24) is 0 Å². The smallest absolute Gasteiger partial charge is 0.248 e. The van der Waals surface area contributed by atoms with E-state index in [0.29, 0.717) is 16.2 Å². The minimum absolute atomic E-state index is 0.195. The van der Waals surface area contributed by atoms with Crippen LogP contribution in [-0.2, 0) is 11.2 Å². The molecule has 0 amide bonds. The van der Waals surface area contributed by atoms with Crippen molar-refractivity contribution in [2.45, 2.75) is 11.8 Å². The van der Waals surface area contributed by atoms with E-state index in [1.165, 1.54) is 0 Å². The first-order valence-corrected chi connectivity index (χ1v) is 7.37. The second-order valence-corrected chi connectivity index (χ2v) is 6.04. The van der Waals surface area contributed by atoms with E-state index < -0.39 is 11.2 Å². The van der Waals surface area contributed by atoms with Gasteiger partial charge in [-0.15, -0.1) is 0 Å². The van der Waals surface area contributed by atoms with Gasteiger partial charge in [-0.25, -0.2) is 0 Å². The minimum atomic E-state index is -1.50. The lowest BCUT2D eigenvalue weighted by molar-refractivity contribution is 0.104. The molecule has 2 aromatic rings. The van der Waals surface area contributed by atoms with E-state index in [0.717, 1.165) is 11.1 Å². The van der Waals surface area contributed by atoms with Gasteiger partial charge < -0.3 is 10.3 Å². The van der Waals surface area contributed by atoms with E-state index in [4.69, 9.17) is 5.73 Å². The van der Waals surface area contributed by atoms with Gasteiger partial charge in [0.05, 0.1) is 11.3 Å². The highest BCUT2D eigenvalue weighted by Crippen LogP contribution is 2.37. The molecule has 0 spiro atoms. The zero-order valence-electron chi connectivity index (χ0n) is 10.9. The Kier molecular flexibility index (Phi) is 3.12. The van der Waals surface area contributed by atoms with Crippen molar-refractivity contribution >= 4 is 22.7 Å². The fourth-order valence-corrected chi connectivity index (χ4v) is 3.72. The minimum Gasteiger partial charge on any atom is -0.606 e. The highest BCUT2D eigenvalue weighted by atomic mass is 32.2. The zero-order chi connectivity index (χ0) is 14.3. The van der Waals surface area contributed by atoms with E-state index >= 15 is 0 Å². The van der Waals surface area contributed by atoms with E-state index in [1.54, 1.807) is 24.3 Å². The maximum absolute atomic E-state index is 12.5. The summed E-state index contributed by atoms with van der Waals surface area (Å²) in [4.78, 5) is 13.1. The van der Waals surface area contributed by atoms with Gasteiger partial charge >= 0.3 is 0 Å². The predicted molar refractivity (Wildman–Crippen MR) is 79.5 cm³/mol. The van der Waals surface area contributed by atoms with Crippen LogP contribution in [0.15, 0.2) is 58.3 Å². The maximum Gasteiger partial charge on any atom is 0.248 e. The molecule has 0 bridgehead atoms. The first-order chi connectivity index (χ1) is 9.61. The predicted octanol–water partition coefficient (Wildman–Crippen LogP) is 2.63. The molecule has 3 rings (SSSR count). The van der Waals surface area contributed by atoms with Gasteiger partial charge in [0.15, 0.2) is 4.90 Å². The Morgan fingerprint density at radius 1 is 1.10 bits per heavy atom. The normalized spacial score (nSPS) is 19.9. The number of fused-ring (bicyclic) bond motifs is 1. The number of aryl methyl sites for hydroxylation is 1. The number of carbonyl (C=O) groups excluding carboxylic acids is 1. The first-order valence-electron chi connectivity index (χ1n) is 6.22. The summed E-state index contributed by atoms with van der Waals surface area (Å²) < 4.78 is 12.5. The van der Waals surface area contributed by atoms with Crippen molar-refractivity contribution in [2.24, 2.45) is 5.73 Å². The number of hydrogen-bond acceptors (Lipinski definition) is 3. The standard InChI is InChI=1S/C16H13NO2S/c1-10-6-2-3-7-11(10)14(17)16-15(18)12-8-4-5-9-13(12)20(16)19/h2-9H,17H2,1H3/b16-14+. The van der Waals surface area contributed by atoms with Crippen molar-refractivity contribution in [1.29, 1.82) is 0 Å². The fourth-order valence-electron chi connectivity index (χ4n) is 2.35. The van der Waals surface area contributed by atoms with E-state index in [1.807, 2.05) is 31.2 Å². The summed E-state index contributed by atoms with van der Waals surface area (Å²) in [5, 5.41) is 0. The van der Waals surface area contributed by atoms with E-state index in [9.17, 15) is 9.35 Å². The maximum atomic E-state index is 12.5. The summed E-state index contributed by atoms with van der Waals surface area (Å²) >= 11 is -1.50. The van der Waals surface area contributed by atoms with Crippen LogP contribution in [0.5, 0.6) is 0 Å². The summed E-state index contributed by atoms with van der Waals surface area (Å²) in [7, 11) is 0. The molecule has 1 heterocycles. The highest BCUT2D eigenvalue weighted by Gasteiger charge is 2.41. The average molecular weight is 283 g/mol. The van der Waals surface area contributed by atoms with Gasteiger partial charge in [-0.1, -0.05) is 36.4 Å². The van der Waals surface area contributed by atoms with Crippen molar-refractivity contribution in [3.8, 4) is 0 Å². The van der Waals surface area contributed by atoms with Crippen molar-refractivity contribution < 1.29 is 9.35 Å². The molecule has 0 fully saturated rings. The molecule has 1 unspecified atom stereocenters. The molecule has 3 nitrogen and oxygen atoms in total. The number of carbonyl (C=O) groups is 1. The number of nitrogens with two attached hydrogens (primary N) is 1. The SMILES string of the molecule is Cc1ccccc1/C(N)=C1/C(=O)c2ccccc2[S+]1[O-]. The molecule has 20 heavy (non-hydrogen) atoms. The molecule has 0 saturated heterocycles. The third-order valence-corrected chi connectivity index (χ3v) is 4.93. The molecule has 4 heteroatoms. The molecule has 0 radical (unpaired) electrons. The molecule has 0 aliphatic carbocycles. The first kappa shape index (κ1) is 13.0. The Hall–Kier alpha value is -2.04. The number of rotatable bonds is 1. The Balaban J connectivity index is 2.19. The average Bonchev–Trinajstić information content (AvgIpc) is 2.71. The van der Waals surface area contributed by atoms with Gasteiger partial charge in [-0.2, -0.15) is 0 Å². The van der Waals surface area contributed by atoms with Crippen LogP contribution < -0.4 is 5.73 Å². The molecule has 2 aromatic carbocycles. The summed E-state index contributed by atoms with van der Waals surface area (Å²) in [6.07, 6.45) is 0. The lowest BCUT2D eigenvalue weighted by Gasteiger charge is -2.09. The molecular formula is C16H13NO2S. The molecule has 1 aliphatic heterocycles. The lowest BCUT2D eigenvalue weighted by Crippen LogP contribution is -2.12. The quantitative estimate of drug-likeness (QED) is 0.646. The van der Waals surface area contributed by atoms with Gasteiger partial charge in [0.1, 0.15) is 0 Å². The van der Waals surface area contributed by atoms with Crippen LogP contribution in [0.25, 0.3) is 5.70 Å². The summed E-state index contributed by atoms with van der Waals surface area (Å²) in [6.45, 7) is 1.91. The van der Waals surface area contributed by atoms with Gasteiger partial charge in [0.25, 0.3) is 0 Å². The van der Waals surface area contributed by atoms with E-state index in [-0.39, 0.29) is 10.7 Å². The van der Waals surface area contributed by atoms with Crippen LogP contribution in [0.3, 0.4) is 0 Å². The van der Waals surface area contributed by atoms with Gasteiger partial charge in [-0.3, -0.25) is 4.79 Å². The van der Waals surface area contributed by atoms with Crippen LogP contribution in [0.2, 0.25) is 0 Å². The van der Waals surface area contributed by atoms with Crippen molar-refractivity contribution in [3.05, 3.63) is 70.1 Å². The second-order valence-electron chi connectivity index (χ2n) is 4.65. The van der Waals surface area contributed by atoms with Crippen LogP contribution in [0, 0.1) is 6.92 Å². The van der Waals surface area contributed by atoms with Crippen LogP contribution in [-0.4, -0.2) is 10.3 Å². The van der Waals surface area contributed by atoms with Crippen molar-refractivity contribution in [2.75, 3.05) is 0 Å². The molecule has 100 valence electrons. The molecule has 0 aromatic heterocycles. The van der Waals surface area contributed by atoms with Crippen LogP contribution >= 0.6 is 0 Å². The number of hydrogen-bond donors (Lipinski definition) is 1. The number of allylic oxidation sites excluding steroid dienone is 1. The Labute approximate surface area is 120 Å². The molecule has 2 N–H and O–H groups in total. The van der Waals surface area contributed by atoms with Gasteiger partial charge in [0.2, 0.25) is 10.7 Å². The molecule has 1 aliphatic rings. The Morgan fingerprint density at radius 2 is 1.75 bits per heavy atom. The van der Waals surface area contributed by atoms with Gasteiger partial charge in [0, 0.05) is 16.7 Å². The molecule has 1 atom stereocenters. The summed E-state index contributed by atoms with van der Waals surface area (Å²) in [5.41, 5.74) is 8.64.